The van der Waals surface area contributed by atoms with Crippen molar-refractivity contribution in [3.05, 3.63) is 11.6 Å². The molecule has 0 aromatic heterocycles. The molecule has 0 radical (unpaired) electrons. The molecule has 0 spiro atoms. The summed E-state index contributed by atoms with van der Waals surface area (Å²) in [7, 11) is 5.12. The number of rotatable bonds is 7. The zero-order chi connectivity index (χ0) is 33.7. The van der Waals surface area contributed by atoms with E-state index in [1.54, 1.807) is 27.7 Å². The van der Waals surface area contributed by atoms with E-state index >= 15 is 0 Å². The molecule has 0 amide bonds. The monoisotopic (exact) mass is 627 g/mol. The minimum atomic E-state index is -1.82. The first-order valence-corrected chi connectivity index (χ1v) is 15.4. The summed E-state index contributed by atoms with van der Waals surface area (Å²) in [5.41, 5.74) is -3.11. The number of likely N-dealkylation sites (N-methyl/N-ethyl adjacent to an activating group) is 1. The highest BCUT2D eigenvalue weighted by Gasteiger charge is 2.50. The van der Waals surface area contributed by atoms with Gasteiger partial charge in [0.2, 0.25) is 0 Å². The predicted octanol–water partition coefficient (Wildman–Crippen LogP) is 2.22. The van der Waals surface area contributed by atoms with Crippen LogP contribution in [0.1, 0.15) is 74.7 Å². The predicted molar refractivity (Wildman–Crippen MR) is 160 cm³/mol. The topological polar surface area (TPSA) is 158 Å². The van der Waals surface area contributed by atoms with Crippen LogP contribution in [0.3, 0.4) is 0 Å². The largest absolute Gasteiger partial charge is 0.461 e. The van der Waals surface area contributed by atoms with Crippen molar-refractivity contribution in [3.63, 3.8) is 0 Å². The lowest BCUT2D eigenvalue weighted by atomic mass is 9.76. The summed E-state index contributed by atoms with van der Waals surface area (Å²) < 4.78 is 29.3. The zero-order valence-corrected chi connectivity index (χ0v) is 28.1. The Balaban J connectivity index is 2.68. The molecule has 44 heavy (non-hydrogen) atoms. The highest BCUT2D eigenvalue weighted by atomic mass is 16.7. The molecule has 1 saturated heterocycles. The van der Waals surface area contributed by atoms with Gasteiger partial charge in [-0.15, -0.1) is 0 Å². The zero-order valence-electron chi connectivity index (χ0n) is 28.1. The number of aliphatic hydroxyl groups excluding tert-OH is 1. The van der Waals surface area contributed by atoms with Crippen LogP contribution in [0.4, 0.5) is 0 Å². The third-order valence-corrected chi connectivity index (χ3v) is 8.96. The first kappa shape index (κ1) is 38.0. The van der Waals surface area contributed by atoms with Gasteiger partial charge in [-0.2, -0.15) is 0 Å². The van der Waals surface area contributed by atoms with Crippen LogP contribution in [-0.2, 0) is 42.9 Å². The number of carbonyl (C=O) groups is 4. The molecule has 0 aliphatic carbocycles. The number of esters is 2. The van der Waals surface area contributed by atoms with E-state index in [0.717, 1.165) is 0 Å². The van der Waals surface area contributed by atoms with Gasteiger partial charge in [-0.05, 0) is 67.1 Å². The van der Waals surface area contributed by atoms with Crippen molar-refractivity contribution in [1.29, 1.82) is 0 Å². The smallest absolute Gasteiger partial charge is 0.316 e. The highest BCUT2D eigenvalue weighted by Crippen LogP contribution is 2.37. The number of hydrogen-bond donors (Lipinski definition) is 2. The van der Waals surface area contributed by atoms with Gasteiger partial charge in [-0.3, -0.25) is 19.2 Å². The second-order valence-electron chi connectivity index (χ2n) is 13.0. The first-order chi connectivity index (χ1) is 20.3. The van der Waals surface area contributed by atoms with E-state index in [1.165, 1.54) is 34.0 Å². The number of Topliss-reactive ketones (excluding diaryl/α,β-unsaturated/α-hetero) is 2. The number of ether oxygens (including phenoxy) is 5. The molecule has 0 bridgehead atoms. The molecule has 2 heterocycles. The van der Waals surface area contributed by atoms with Gasteiger partial charge in [0.05, 0.1) is 17.8 Å². The molecule has 1 fully saturated rings. The molecule has 2 aliphatic heterocycles. The summed E-state index contributed by atoms with van der Waals surface area (Å²) in [5.74, 6) is -5.38. The lowest BCUT2D eigenvalue weighted by Gasteiger charge is -2.46. The number of ketones is 2. The number of cyclic esters (lactones) is 1. The minimum absolute atomic E-state index is 0.0195. The van der Waals surface area contributed by atoms with Crippen molar-refractivity contribution < 1.29 is 53.1 Å². The van der Waals surface area contributed by atoms with Crippen molar-refractivity contribution in [2.45, 2.75) is 123 Å². The summed E-state index contributed by atoms with van der Waals surface area (Å²) in [6, 6.07) is -0.288. The molecule has 0 unspecified atom stereocenters. The van der Waals surface area contributed by atoms with Crippen LogP contribution in [-0.4, -0.2) is 114 Å². The molecule has 252 valence electrons. The average Bonchev–Trinajstić information content (AvgIpc) is 2.95. The maximum absolute atomic E-state index is 13.9. The van der Waals surface area contributed by atoms with Gasteiger partial charge in [0.15, 0.2) is 17.9 Å². The normalized spacial score (nSPS) is 39.8. The van der Waals surface area contributed by atoms with Crippen LogP contribution in [0.5, 0.6) is 0 Å². The molecule has 2 N–H and O–H groups in total. The molecule has 2 aliphatic rings. The van der Waals surface area contributed by atoms with E-state index in [9.17, 15) is 29.4 Å². The summed E-state index contributed by atoms with van der Waals surface area (Å²) >= 11 is 0. The quantitative estimate of drug-likeness (QED) is 0.314. The van der Waals surface area contributed by atoms with Crippen LogP contribution >= 0.6 is 0 Å². The fourth-order valence-corrected chi connectivity index (χ4v) is 6.25. The maximum atomic E-state index is 13.9. The maximum Gasteiger partial charge on any atom is 0.316 e. The summed E-state index contributed by atoms with van der Waals surface area (Å²) in [5, 5.41) is 22.6. The standard InChI is InChI=1S/C32H53NO11/c1-12-24-31(7,39)15-22(16-41-21(6)34)25(35)17(2)14-32(8,40-11)28(19(4)26(36)20(5)29(38)43-24)44-30-27(37)23(33(9)10)13-18(3)42-30/h15,17-20,23-24,27-28,30,37,39H,12-14,16H2,1-11H3/t17-,18-,19+,20-,23+,24-,27-,28-,30+,31+,32+/m1/s1. The Morgan fingerprint density at radius 1 is 1.14 bits per heavy atom. The summed E-state index contributed by atoms with van der Waals surface area (Å²) in [6.07, 6.45) is -2.62. The number of aliphatic hydroxyl groups is 2. The van der Waals surface area contributed by atoms with Gasteiger partial charge in [-0.1, -0.05) is 20.8 Å². The van der Waals surface area contributed by atoms with E-state index in [2.05, 4.69) is 0 Å². The Morgan fingerprint density at radius 2 is 1.75 bits per heavy atom. The van der Waals surface area contributed by atoms with Gasteiger partial charge >= 0.3 is 11.9 Å². The third-order valence-electron chi connectivity index (χ3n) is 8.96. The Morgan fingerprint density at radius 3 is 2.27 bits per heavy atom. The SMILES string of the molecule is CC[C@H]1OC(=O)[C@H](C)C(=O)[C@H](C)[C@@H](O[C@@H]2O[C@H](C)C[C@H](N(C)C)[C@H]2O)[C@@](C)(OC)C[C@@H](C)C(=O)C(COC(C)=O)=C[C@]1(C)O. The molecule has 0 saturated carbocycles. The number of methoxy groups -OCH3 is 1. The fraction of sp³-hybridized carbons (Fsp3) is 0.812. The Labute approximate surface area is 261 Å². The van der Waals surface area contributed by atoms with Gasteiger partial charge in [-0.25, -0.2) is 0 Å². The first-order valence-electron chi connectivity index (χ1n) is 15.4. The van der Waals surface area contributed by atoms with E-state index in [4.69, 9.17) is 23.7 Å². The van der Waals surface area contributed by atoms with Crippen LogP contribution in [0.15, 0.2) is 11.6 Å². The van der Waals surface area contributed by atoms with Crippen molar-refractivity contribution in [1.82, 2.24) is 4.90 Å². The molecule has 12 heteroatoms. The van der Waals surface area contributed by atoms with Crippen LogP contribution in [0.25, 0.3) is 0 Å². The van der Waals surface area contributed by atoms with Crippen LogP contribution < -0.4 is 0 Å². The Kier molecular flexibility index (Phi) is 13.3. The lowest BCUT2D eigenvalue weighted by molar-refractivity contribution is -0.295. The summed E-state index contributed by atoms with van der Waals surface area (Å²) in [6.45, 7) is 12.2. The van der Waals surface area contributed by atoms with Gasteiger partial charge < -0.3 is 38.8 Å². The second kappa shape index (κ2) is 15.4. The molecule has 0 aromatic carbocycles. The second-order valence-corrected chi connectivity index (χ2v) is 13.0. The number of carbonyl (C=O) groups excluding carboxylic acids is 4. The lowest BCUT2D eigenvalue weighted by Crippen LogP contribution is -2.59. The van der Waals surface area contributed by atoms with Gasteiger partial charge in [0.25, 0.3) is 0 Å². The Hall–Kier alpha value is -2.22. The minimum Gasteiger partial charge on any atom is -0.461 e. The van der Waals surface area contributed by atoms with Crippen molar-refractivity contribution >= 4 is 23.5 Å². The number of nitrogens with zero attached hydrogens (tertiary/aromatic N) is 1. The molecule has 12 nitrogen and oxygen atoms in total. The van der Waals surface area contributed by atoms with Crippen LogP contribution in [0.2, 0.25) is 0 Å². The molecular formula is C32H53NO11. The van der Waals surface area contributed by atoms with Gasteiger partial charge in [0.1, 0.15) is 30.3 Å². The molecular weight excluding hydrogens is 574 g/mol. The third kappa shape index (κ3) is 8.95. The summed E-state index contributed by atoms with van der Waals surface area (Å²) in [4.78, 5) is 54.6. The number of hydrogen-bond acceptors (Lipinski definition) is 12. The van der Waals surface area contributed by atoms with Crippen molar-refractivity contribution in [3.8, 4) is 0 Å². The molecule has 11 atom stereocenters. The highest BCUT2D eigenvalue weighted by molar-refractivity contribution is 6.00. The fourth-order valence-electron chi connectivity index (χ4n) is 6.25. The average molecular weight is 628 g/mol. The van der Waals surface area contributed by atoms with Crippen molar-refractivity contribution in [2.75, 3.05) is 27.8 Å². The Bertz CT molecular complexity index is 1070. The molecule has 2 rings (SSSR count). The van der Waals surface area contributed by atoms with Crippen molar-refractivity contribution in [2.24, 2.45) is 17.8 Å². The van der Waals surface area contributed by atoms with E-state index in [1.807, 2.05) is 25.9 Å². The molecule has 0 aromatic rings. The van der Waals surface area contributed by atoms with E-state index in [-0.39, 0.29) is 30.6 Å². The van der Waals surface area contributed by atoms with Crippen LogP contribution in [0, 0.1) is 17.8 Å². The van der Waals surface area contributed by atoms with E-state index < -0.39 is 83.7 Å². The van der Waals surface area contributed by atoms with E-state index in [0.29, 0.717) is 6.42 Å². The van der Waals surface area contributed by atoms with Gasteiger partial charge in [0, 0.05) is 37.5 Å².